The van der Waals surface area contributed by atoms with Crippen molar-refractivity contribution in [2.75, 3.05) is 24.3 Å². The van der Waals surface area contributed by atoms with E-state index in [9.17, 15) is 0 Å². The van der Waals surface area contributed by atoms with Crippen LogP contribution in [0.5, 0.6) is 0 Å². The molecule has 1 heterocycles. The minimum Gasteiger partial charge on any atom is -0.378 e. The summed E-state index contributed by atoms with van der Waals surface area (Å²) in [6, 6.07) is 0.393. The third-order valence-corrected chi connectivity index (χ3v) is 4.54. The average molecular weight is 292 g/mol. The smallest absolute Gasteiger partial charge is 0.134 e. The van der Waals surface area contributed by atoms with Gasteiger partial charge in [-0.25, -0.2) is 9.97 Å². The second kappa shape index (κ2) is 6.60. The van der Waals surface area contributed by atoms with Gasteiger partial charge in [0.25, 0.3) is 0 Å². The summed E-state index contributed by atoms with van der Waals surface area (Å²) in [5.74, 6) is 1.89. The quantitative estimate of drug-likeness (QED) is 0.808. The fourth-order valence-electron chi connectivity index (χ4n) is 3.02. The van der Waals surface area contributed by atoms with Crippen LogP contribution < -0.4 is 10.6 Å². The van der Waals surface area contributed by atoms with Gasteiger partial charge in [-0.05, 0) is 19.8 Å². The maximum Gasteiger partial charge on any atom is 0.134 e. The lowest BCUT2D eigenvalue weighted by molar-refractivity contribution is -0.0976. The van der Waals surface area contributed by atoms with E-state index in [0.29, 0.717) is 12.1 Å². The fraction of sp³-hybridized carbons (Fsp3) is 0.750. The Kier molecular flexibility index (Phi) is 5.04. The predicted octanol–water partition coefficient (Wildman–Crippen LogP) is 3.09. The molecule has 2 rings (SSSR count). The van der Waals surface area contributed by atoms with Crippen molar-refractivity contribution in [2.24, 2.45) is 5.41 Å². The van der Waals surface area contributed by atoms with E-state index in [4.69, 9.17) is 4.74 Å². The van der Waals surface area contributed by atoms with Crippen LogP contribution in [0.15, 0.2) is 6.33 Å². The SMILES string of the molecule is CCCc1c(NC)ncnc1NC1CC(OCC)C1(C)C. The molecule has 2 atom stereocenters. The summed E-state index contributed by atoms with van der Waals surface area (Å²) in [6.45, 7) is 9.52. The molecule has 0 bridgehead atoms. The van der Waals surface area contributed by atoms with Crippen molar-refractivity contribution in [1.29, 1.82) is 0 Å². The highest BCUT2D eigenvalue weighted by atomic mass is 16.5. The first-order chi connectivity index (χ1) is 10.0. The largest absolute Gasteiger partial charge is 0.378 e. The van der Waals surface area contributed by atoms with Gasteiger partial charge in [0.05, 0.1) is 6.10 Å². The number of rotatable bonds is 7. The van der Waals surface area contributed by atoms with Crippen LogP contribution in [0, 0.1) is 5.41 Å². The van der Waals surface area contributed by atoms with Crippen LogP contribution in [0.4, 0.5) is 11.6 Å². The van der Waals surface area contributed by atoms with Crippen LogP contribution in [-0.2, 0) is 11.2 Å². The first kappa shape index (κ1) is 16.0. The Balaban J connectivity index is 2.14. The van der Waals surface area contributed by atoms with E-state index in [1.807, 2.05) is 7.05 Å². The van der Waals surface area contributed by atoms with Crippen LogP contribution in [-0.4, -0.2) is 35.8 Å². The maximum absolute atomic E-state index is 5.80. The lowest BCUT2D eigenvalue weighted by Gasteiger charge is -2.52. The first-order valence-corrected chi connectivity index (χ1v) is 7.94. The van der Waals surface area contributed by atoms with Crippen molar-refractivity contribution in [3.8, 4) is 0 Å². The van der Waals surface area contributed by atoms with Gasteiger partial charge >= 0.3 is 0 Å². The van der Waals surface area contributed by atoms with E-state index in [0.717, 1.165) is 37.5 Å². The van der Waals surface area contributed by atoms with Gasteiger partial charge in [0.15, 0.2) is 0 Å². The van der Waals surface area contributed by atoms with E-state index in [2.05, 4.69) is 48.3 Å². The standard InChI is InChI=1S/C16H28N4O/c1-6-8-11-14(17-5)18-10-19-15(11)20-12-9-13(21-7-2)16(12,3)4/h10,12-13H,6-9H2,1-5H3,(H2,17,18,19,20). The molecule has 1 aromatic heterocycles. The average Bonchev–Trinajstić information content (AvgIpc) is 2.47. The summed E-state index contributed by atoms with van der Waals surface area (Å²) in [7, 11) is 1.91. The van der Waals surface area contributed by atoms with Crippen LogP contribution in [0.25, 0.3) is 0 Å². The second-order valence-electron chi connectivity index (χ2n) is 6.25. The van der Waals surface area contributed by atoms with Gasteiger partial charge in [-0.2, -0.15) is 0 Å². The van der Waals surface area contributed by atoms with Gasteiger partial charge in [-0.15, -0.1) is 0 Å². The van der Waals surface area contributed by atoms with Crippen molar-refractivity contribution in [3.63, 3.8) is 0 Å². The second-order valence-corrected chi connectivity index (χ2v) is 6.25. The number of hydrogen-bond acceptors (Lipinski definition) is 5. The van der Waals surface area contributed by atoms with E-state index in [-0.39, 0.29) is 5.41 Å². The summed E-state index contributed by atoms with van der Waals surface area (Å²) < 4.78 is 5.80. The molecule has 2 N–H and O–H groups in total. The van der Waals surface area contributed by atoms with E-state index in [1.54, 1.807) is 6.33 Å². The van der Waals surface area contributed by atoms with Gasteiger partial charge in [0.1, 0.15) is 18.0 Å². The first-order valence-electron chi connectivity index (χ1n) is 7.94. The van der Waals surface area contributed by atoms with E-state index < -0.39 is 0 Å². The third kappa shape index (κ3) is 3.12. The summed E-state index contributed by atoms with van der Waals surface area (Å²) in [6.07, 6.45) is 5.04. The highest BCUT2D eigenvalue weighted by molar-refractivity contribution is 5.58. The molecule has 5 nitrogen and oxygen atoms in total. The van der Waals surface area contributed by atoms with Gasteiger partial charge in [0, 0.05) is 30.7 Å². The molecule has 21 heavy (non-hydrogen) atoms. The normalized spacial score (nSPS) is 23.5. The summed E-state index contributed by atoms with van der Waals surface area (Å²) in [4.78, 5) is 8.78. The van der Waals surface area contributed by atoms with Crippen molar-refractivity contribution < 1.29 is 4.74 Å². The topological polar surface area (TPSA) is 59.1 Å². The summed E-state index contributed by atoms with van der Waals surface area (Å²) in [5, 5.41) is 6.78. The maximum atomic E-state index is 5.80. The minimum atomic E-state index is 0.129. The molecule has 0 amide bonds. The minimum absolute atomic E-state index is 0.129. The molecular weight excluding hydrogens is 264 g/mol. The summed E-state index contributed by atoms with van der Waals surface area (Å²) >= 11 is 0. The number of nitrogens with zero attached hydrogens (tertiary/aromatic N) is 2. The highest BCUT2D eigenvalue weighted by Crippen LogP contribution is 2.44. The van der Waals surface area contributed by atoms with Crippen LogP contribution in [0.3, 0.4) is 0 Å². The zero-order chi connectivity index (χ0) is 15.5. The van der Waals surface area contributed by atoms with Crippen molar-refractivity contribution in [1.82, 2.24) is 9.97 Å². The Morgan fingerprint density at radius 1 is 1.29 bits per heavy atom. The predicted molar refractivity (Wildman–Crippen MR) is 86.8 cm³/mol. The molecule has 0 aromatic carbocycles. The van der Waals surface area contributed by atoms with Gasteiger partial charge in [0.2, 0.25) is 0 Å². The molecule has 0 aliphatic heterocycles. The lowest BCUT2D eigenvalue weighted by Crippen LogP contribution is -2.58. The van der Waals surface area contributed by atoms with Crippen LogP contribution >= 0.6 is 0 Å². The Labute approximate surface area is 127 Å². The molecule has 1 fully saturated rings. The molecule has 0 radical (unpaired) electrons. The molecule has 2 unspecified atom stereocenters. The highest BCUT2D eigenvalue weighted by Gasteiger charge is 2.49. The van der Waals surface area contributed by atoms with Crippen LogP contribution in [0.1, 0.15) is 46.1 Å². The molecule has 118 valence electrons. The van der Waals surface area contributed by atoms with Gasteiger partial charge < -0.3 is 15.4 Å². The number of nitrogens with one attached hydrogen (secondary N) is 2. The zero-order valence-corrected chi connectivity index (χ0v) is 13.9. The number of hydrogen-bond donors (Lipinski definition) is 2. The monoisotopic (exact) mass is 292 g/mol. The number of ether oxygens (including phenoxy) is 1. The van der Waals surface area contributed by atoms with Gasteiger partial charge in [-0.1, -0.05) is 27.2 Å². The van der Waals surface area contributed by atoms with Gasteiger partial charge in [-0.3, -0.25) is 0 Å². The molecule has 1 saturated carbocycles. The van der Waals surface area contributed by atoms with E-state index in [1.165, 1.54) is 5.56 Å². The molecule has 5 heteroatoms. The Hall–Kier alpha value is -1.36. The Morgan fingerprint density at radius 2 is 2.00 bits per heavy atom. The molecule has 0 spiro atoms. The Morgan fingerprint density at radius 3 is 2.57 bits per heavy atom. The number of anilines is 2. The molecule has 1 aliphatic rings. The van der Waals surface area contributed by atoms with Crippen molar-refractivity contribution >= 4 is 11.6 Å². The summed E-state index contributed by atoms with van der Waals surface area (Å²) in [5.41, 5.74) is 1.31. The van der Waals surface area contributed by atoms with E-state index >= 15 is 0 Å². The number of aromatic nitrogens is 2. The fourth-order valence-corrected chi connectivity index (χ4v) is 3.02. The third-order valence-electron chi connectivity index (χ3n) is 4.54. The molecule has 0 saturated heterocycles. The zero-order valence-electron chi connectivity index (χ0n) is 13.9. The molecular formula is C16H28N4O. The lowest BCUT2D eigenvalue weighted by atomic mass is 9.64. The van der Waals surface area contributed by atoms with Crippen molar-refractivity contribution in [3.05, 3.63) is 11.9 Å². The van der Waals surface area contributed by atoms with Crippen molar-refractivity contribution in [2.45, 2.75) is 59.1 Å². The van der Waals surface area contributed by atoms with Crippen LogP contribution in [0.2, 0.25) is 0 Å². The molecule has 1 aliphatic carbocycles. The molecule has 1 aromatic rings. The Bertz CT molecular complexity index is 475.